The van der Waals surface area contributed by atoms with Crippen LogP contribution in [0, 0.1) is 0 Å². The number of hydrogen-bond acceptors (Lipinski definition) is 8. The average molecular weight is 703 g/mol. The van der Waals surface area contributed by atoms with Gasteiger partial charge in [-0.05, 0) is 30.5 Å². The molecule has 2 unspecified atom stereocenters. The summed E-state index contributed by atoms with van der Waals surface area (Å²) in [5.74, 6) is 0.173. The van der Waals surface area contributed by atoms with Gasteiger partial charge in [0.1, 0.15) is 10.7 Å². The van der Waals surface area contributed by atoms with Crippen LogP contribution in [-0.4, -0.2) is 51.4 Å². The molecule has 7 rings (SSSR count). The Morgan fingerprint density at radius 1 is 0.833 bits per heavy atom. The molecule has 13 heteroatoms. The number of thiazole rings is 1. The van der Waals surface area contributed by atoms with Crippen molar-refractivity contribution in [2.24, 2.45) is 0 Å². The Balaban J connectivity index is 1.08. The minimum Gasteiger partial charge on any atom is -0.352 e. The van der Waals surface area contributed by atoms with E-state index in [1.165, 1.54) is 4.40 Å². The van der Waals surface area contributed by atoms with Crippen molar-refractivity contribution in [2.45, 2.75) is 50.9 Å². The molecule has 0 spiro atoms. The fourth-order valence-corrected chi connectivity index (χ4v) is 7.64. The number of nitrogens with zero attached hydrogens (tertiary/aromatic N) is 3. The predicted molar refractivity (Wildman–Crippen MR) is 189 cm³/mol. The summed E-state index contributed by atoms with van der Waals surface area (Å²) in [6.07, 6.45) is 6.08. The van der Waals surface area contributed by atoms with Crippen molar-refractivity contribution < 1.29 is 9.59 Å². The number of halogens is 2. The number of rotatable bonds is 11. The van der Waals surface area contributed by atoms with E-state index >= 15 is 0 Å². The summed E-state index contributed by atoms with van der Waals surface area (Å²) in [5, 5.41) is 16.6. The highest BCUT2D eigenvalue weighted by Gasteiger charge is 2.22. The number of pyridine rings is 1. The van der Waals surface area contributed by atoms with Crippen LogP contribution in [-0.2, 0) is 22.7 Å². The fraction of sp³-hybridized carbons (Fsp3) is 0.286. The van der Waals surface area contributed by atoms with Crippen LogP contribution in [0.5, 0.6) is 0 Å². The molecule has 4 N–H and O–H groups in total. The lowest BCUT2D eigenvalue weighted by molar-refractivity contribution is -0.120. The number of nitrogens with one attached hydrogen (secondary N) is 4. The molecule has 5 heterocycles. The van der Waals surface area contributed by atoms with Gasteiger partial charge in [-0.25, -0.2) is 9.97 Å². The molecule has 2 amide bonds. The summed E-state index contributed by atoms with van der Waals surface area (Å²) in [5.41, 5.74) is 5.67. The topological polar surface area (TPSA) is 130 Å². The second kappa shape index (κ2) is 14.2. The summed E-state index contributed by atoms with van der Waals surface area (Å²) in [6.45, 7) is 2.27. The van der Waals surface area contributed by atoms with Crippen LogP contribution in [0.15, 0.2) is 71.1 Å². The van der Waals surface area contributed by atoms with Crippen molar-refractivity contribution in [3.63, 3.8) is 0 Å². The molecule has 2 saturated heterocycles. The molecule has 2 aromatic carbocycles. The molecule has 48 heavy (non-hydrogen) atoms. The lowest BCUT2D eigenvalue weighted by Crippen LogP contribution is -2.36. The largest absolute Gasteiger partial charge is 0.352 e. The molecule has 0 saturated carbocycles. The molecule has 0 radical (unpaired) electrons. The molecule has 10 nitrogen and oxygen atoms in total. The first-order valence-corrected chi connectivity index (χ1v) is 17.5. The third-order valence-corrected chi connectivity index (χ3v) is 10.4. The second-order valence-electron chi connectivity index (χ2n) is 12.1. The van der Waals surface area contributed by atoms with Gasteiger partial charge in [-0.1, -0.05) is 59.6 Å². The maximum atomic E-state index is 13.2. The van der Waals surface area contributed by atoms with Crippen LogP contribution in [0.3, 0.4) is 0 Å². The highest BCUT2D eigenvalue weighted by atomic mass is 35.5. The molecule has 2 fully saturated rings. The van der Waals surface area contributed by atoms with Gasteiger partial charge in [-0.3, -0.25) is 18.8 Å². The van der Waals surface area contributed by atoms with Gasteiger partial charge >= 0.3 is 0 Å². The number of carbonyl (C=O) groups excluding carboxylic acids is 2. The van der Waals surface area contributed by atoms with E-state index in [0.717, 1.165) is 51.4 Å². The van der Waals surface area contributed by atoms with Crippen LogP contribution < -0.4 is 26.8 Å². The quantitative estimate of drug-likeness (QED) is 0.149. The summed E-state index contributed by atoms with van der Waals surface area (Å²) in [6, 6.07) is 15.6. The third kappa shape index (κ3) is 6.87. The van der Waals surface area contributed by atoms with Gasteiger partial charge in [-0.15, -0.1) is 11.3 Å². The Morgan fingerprint density at radius 3 is 2.12 bits per heavy atom. The normalized spacial score (nSPS) is 17.6. The summed E-state index contributed by atoms with van der Waals surface area (Å²) in [7, 11) is 0. The molecule has 2 aliphatic rings. The minimum atomic E-state index is -0.152. The highest BCUT2D eigenvalue weighted by Crippen LogP contribution is 2.42. The molecule has 2 atom stereocenters. The third-order valence-electron chi connectivity index (χ3n) is 8.75. The number of fused-ring (bicyclic) bond motifs is 1. The molecular formula is C35H33Cl2N7O3S. The van der Waals surface area contributed by atoms with Crippen LogP contribution in [0.4, 0.5) is 0 Å². The van der Waals surface area contributed by atoms with Crippen molar-refractivity contribution in [3.05, 3.63) is 97.3 Å². The van der Waals surface area contributed by atoms with E-state index in [0.29, 0.717) is 60.3 Å². The Morgan fingerprint density at radius 2 is 1.46 bits per heavy atom. The first-order chi connectivity index (χ1) is 23.3. The lowest BCUT2D eigenvalue weighted by Gasteiger charge is -2.14. The fourth-order valence-electron chi connectivity index (χ4n) is 6.21. The van der Waals surface area contributed by atoms with E-state index in [2.05, 4.69) is 26.3 Å². The van der Waals surface area contributed by atoms with Gasteiger partial charge < -0.3 is 21.3 Å². The summed E-state index contributed by atoms with van der Waals surface area (Å²) >= 11 is 15.7. The Hall–Kier alpha value is -4.13. The number of benzene rings is 2. The highest BCUT2D eigenvalue weighted by molar-refractivity contribution is 7.09. The molecule has 3 aromatic heterocycles. The van der Waals surface area contributed by atoms with Gasteiger partial charge in [0, 0.05) is 96.7 Å². The first kappa shape index (κ1) is 32.4. The van der Waals surface area contributed by atoms with E-state index in [4.69, 9.17) is 28.2 Å². The zero-order valence-corrected chi connectivity index (χ0v) is 28.2. The molecule has 0 bridgehead atoms. The van der Waals surface area contributed by atoms with E-state index in [9.17, 15) is 14.4 Å². The van der Waals surface area contributed by atoms with Gasteiger partial charge in [0.2, 0.25) is 11.8 Å². The number of carbonyl (C=O) groups is 2. The number of aromatic nitrogens is 3. The average Bonchev–Trinajstić information content (AvgIpc) is 3.84. The first-order valence-electron chi connectivity index (χ1n) is 15.9. The molecule has 2 aliphatic heterocycles. The van der Waals surface area contributed by atoms with Gasteiger partial charge in [0.25, 0.3) is 5.56 Å². The summed E-state index contributed by atoms with van der Waals surface area (Å²) < 4.78 is 1.53. The Bertz CT molecular complexity index is 2080. The maximum Gasteiger partial charge on any atom is 0.262 e. The van der Waals surface area contributed by atoms with E-state index < -0.39 is 0 Å². The van der Waals surface area contributed by atoms with Crippen molar-refractivity contribution in [3.8, 4) is 33.5 Å². The van der Waals surface area contributed by atoms with Crippen molar-refractivity contribution in [1.29, 1.82) is 0 Å². The van der Waals surface area contributed by atoms with Crippen molar-refractivity contribution in [2.75, 3.05) is 13.1 Å². The van der Waals surface area contributed by atoms with Crippen molar-refractivity contribution in [1.82, 2.24) is 35.6 Å². The van der Waals surface area contributed by atoms with Crippen LogP contribution in [0.2, 0.25) is 10.0 Å². The van der Waals surface area contributed by atoms with E-state index in [1.54, 1.807) is 23.7 Å². The zero-order valence-electron chi connectivity index (χ0n) is 25.9. The zero-order chi connectivity index (χ0) is 33.2. The van der Waals surface area contributed by atoms with E-state index in [-0.39, 0.29) is 29.5 Å². The Labute approximate surface area is 290 Å². The molecule has 0 aliphatic carbocycles. The van der Waals surface area contributed by atoms with Gasteiger partial charge in [0.05, 0.1) is 15.7 Å². The van der Waals surface area contributed by atoms with Crippen molar-refractivity contribution >= 4 is 52.0 Å². The second-order valence-corrected chi connectivity index (χ2v) is 13.8. The SMILES string of the molecule is O=C1CCC(CNCc2nc(-c3cccc(-c4cccc(-c5ccn6c(=O)c(CNCC7CCC(=O)N7)cnc6c5)c4Cl)c3Cl)cs2)N1. The maximum absolute atomic E-state index is 13.2. The van der Waals surface area contributed by atoms with Crippen LogP contribution in [0.1, 0.15) is 36.3 Å². The number of amides is 2. The van der Waals surface area contributed by atoms with Crippen LogP contribution >= 0.6 is 34.5 Å². The Kier molecular flexibility index (Phi) is 9.56. The van der Waals surface area contributed by atoms with Gasteiger partial charge in [-0.2, -0.15) is 0 Å². The predicted octanol–water partition coefficient (Wildman–Crippen LogP) is 5.20. The standard InChI is InChI=1S/C35H33Cl2N7O3S/c36-33-24(20-11-12-44-29(13-20)40-15-21(35(44)47)14-38-16-22-7-9-30(45)41-22)3-1-4-25(33)26-5-2-6-27(34(26)37)28-19-48-32(43-28)18-39-17-23-8-10-31(46)42-23/h1-6,11-13,15,19,22-23,38-39H,7-10,14,16-18H2,(H,41,45)(H,42,46). The van der Waals surface area contributed by atoms with Crippen LogP contribution in [0.25, 0.3) is 39.2 Å². The molecule has 246 valence electrons. The smallest absolute Gasteiger partial charge is 0.262 e. The monoisotopic (exact) mass is 701 g/mol. The lowest BCUT2D eigenvalue weighted by atomic mass is 9.97. The minimum absolute atomic E-state index is 0.0650. The summed E-state index contributed by atoms with van der Waals surface area (Å²) in [4.78, 5) is 45.5. The number of hydrogen-bond donors (Lipinski definition) is 4. The molecular weight excluding hydrogens is 669 g/mol. The van der Waals surface area contributed by atoms with E-state index in [1.807, 2.05) is 53.9 Å². The molecule has 5 aromatic rings. The van der Waals surface area contributed by atoms with Gasteiger partial charge in [0.15, 0.2) is 0 Å².